The predicted octanol–water partition coefficient (Wildman–Crippen LogP) is 1.94. The van der Waals surface area contributed by atoms with Crippen LogP contribution in [0.25, 0.3) is 11.2 Å². The highest BCUT2D eigenvalue weighted by Gasteiger charge is 2.30. The van der Waals surface area contributed by atoms with Gasteiger partial charge in [-0.05, 0) is 25.5 Å². The normalized spacial score (nSPS) is 14.0. The van der Waals surface area contributed by atoms with Crippen molar-refractivity contribution in [3.63, 3.8) is 0 Å². The molecule has 0 saturated heterocycles. The van der Waals surface area contributed by atoms with Crippen LogP contribution in [-0.2, 0) is 4.79 Å². The van der Waals surface area contributed by atoms with Crippen LogP contribution in [0.5, 0.6) is 0 Å². The third-order valence-corrected chi connectivity index (χ3v) is 3.29. The first-order chi connectivity index (χ1) is 9.05. The largest absolute Gasteiger partial charge is 0.481 e. The van der Waals surface area contributed by atoms with E-state index in [4.69, 9.17) is 0 Å². The first-order valence-electron chi connectivity index (χ1n) is 6.10. The molecule has 2 heterocycles. The number of nitrogens with zero attached hydrogens (tertiary/aromatic N) is 3. The minimum atomic E-state index is -0.817. The lowest BCUT2D eigenvalue weighted by Gasteiger charge is -2.23. The zero-order valence-corrected chi connectivity index (χ0v) is 10.9. The summed E-state index contributed by atoms with van der Waals surface area (Å²) in [5.74, 6) is -0.211. The van der Waals surface area contributed by atoms with Gasteiger partial charge in [0.15, 0.2) is 5.65 Å². The van der Waals surface area contributed by atoms with Gasteiger partial charge < -0.3 is 10.4 Å². The first-order valence-corrected chi connectivity index (χ1v) is 6.10. The topological polar surface area (TPSA) is 88.0 Å². The average Bonchev–Trinajstić information content (AvgIpc) is 2.44. The second-order valence-electron chi connectivity index (χ2n) is 4.67. The van der Waals surface area contributed by atoms with Crippen molar-refractivity contribution in [2.75, 3.05) is 11.9 Å². The molecule has 100 valence electrons. The summed E-state index contributed by atoms with van der Waals surface area (Å²) in [7, 11) is 0. The molecule has 0 aliphatic heterocycles. The number of fused-ring (bicyclic) bond motifs is 1. The summed E-state index contributed by atoms with van der Waals surface area (Å²) < 4.78 is 0. The molecule has 0 saturated carbocycles. The Balaban J connectivity index is 2.15. The van der Waals surface area contributed by atoms with Crippen LogP contribution in [0.15, 0.2) is 24.5 Å². The van der Waals surface area contributed by atoms with Gasteiger partial charge in [0.2, 0.25) is 0 Å². The number of carboxylic acid groups (broad SMARTS) is 1. The van der Waals surface area contributed by atoms with Crippen molar-refractivity contribution in [3.8, 4) is 0 Å². The van der Waals surface area contributed by atoms with E-state index in [0.717, 1.165) is 0 Å². The molecule has 0 fully saturated rings. The smallest absolute Gasteiger partial charge is 0.311 e. The molecule has 6 heteroatoms. The molecule has 2 rings (SSSR count). The molecule has 2 N–H and O–H groups in total. The number of anilines is 1. The number of aromatic nitrogens is 3. The van der Waals surface area contributed by atoms with Crippen molar-refractivity contribution in [3.05, 3.63) is 24.5 Å². The van der Waals surface area contributed by atoms with Crippen LogP contribution in [-0.4, -0.2) is 32.6 Å². The van der Waals surface area contributed by atoms with Crippen LogP contribution in [0.3, 0.4) is 0 Å². The molecule has 0 aromatic carbocycles. The number of carboxylic acids is 1. The van der Waals surface area contributed by atoms with Crippen LogP contribution in [0.1, 0.15) is 20.3 Å². The quantitative estimate of drug-likeness (QED) is 0.854. The van der Waals surface area contributed by atoms with Crippen molar-refractivity contribution in [2.24, 2.45) is 5.41 Å². The van der Waals surface area contributed by atoms with Gasteiger partial charge >= 0.3 is 5.97 Å². The fourth-order valence-corrected chi connectivity index (χ4v) is 1.59. The van der Waals surface area contributed by atoms with Crippen LogP contribution >= 0.6 is 0 Å². The molecule has 1 unspecified atom stereocenters. The van der Waals surface area contributed by atoms with E-state index < -0.39 is 11.4 Å². The number of rotatable bonds is 5. The molecule has 2 aromatic rings. The highest BCUT2D eigenvalue weighted by molar-refractivity contribution is 5.75. The lowest BCUT2D eigenvalue weighted by atomic mass is 9.88. The molecule has 0 radical (unpaired) electrons. The zero-order valence-electron chi connectivity index (χ0n) is 10.9. The fraction of sp³-hybridized carbons (Fsp3) is 0.385. The number of pyridine rings is 1. The SMILES string of the molecule is CCC(C)(CNc1ccc2nccnc2n1)C(=O)O. The summed E-state index contributed by atoms with van der Waals surface area (Å²) in [6.45, 7) is 3.88. The number of nitrogens with one attached hydrogen (secondary N) is 1. The highest BCUT2D eigenvalue weighted by Crippen LogP contribution is 2.22. The summed E-state index contributed by atoms with van der Waals surface area (Å²) in [5, 5.41) is 12.2. The van der Waals surface area contributed by atoms with E-state index >= 15 is 0 Å². The van der Waals surface area contributed by atoms with Gasteiger partial charge in [0.1, 0.15) is 11.3 Å². The van der Waals surface area contributed by atoms with E-state index in [1.165, 1.54) is 0 Å². The highest BCUT2D eigenvalue weighted by atomic mass is 16.4. The second-order valence-corrected chi connectivity index (χ2v) is 4.67. The van der Waals surface area contributed by atoms with Crippen LogP contribution in [0, 0.1) is 5.41 Å². The van der Waals surface area contributed by atoms with Gasteiger partial charge in [-0.2, -0.15) is 0 Å². The van der Waals surface area contributed by atoms with Gasteiger partial charge in [0.25, 0.3) is 0 Å². The Morgan fingerprint density at radius 1 is 1.37 bits per heavy atom. The molecule has 6 nitrogen and oxygen atoms in total. The Kier molecular flexibility index (Phi) is 3.59. The third-order valence-electron chi connectivity index (χ3n) is 3.29. The minimum Gasteiger partial charge on any atom is -0.481 e. The Morgan fingerprint density at radius 3 is 2.79 bits per heavy atom. The maximum atomic E-state index is 11.2. The van der Waals surface area contributed by atoms with Crippen LogP contribution < -0.4 is 5.32 Å². The predicted molar refractivity (Wildman–Crippen MR) is 71.9 cm³/mol. The molecule has 19 heavy (non-hydrogen) atoms. The summed E-state index contributed by atoms with van der Waals surface area (Å²) in [6.07, 6.45) is 3.73. The molecule has 0 aliphatic rings. The molecule has 0 aliphatic carbocycles. The van der Waals surface area contributed by atoms with Crippen molar-refractivity contribution < 1.29 is 9.90 Å². The molecule has 1 atom stereocenters. The van der Waals surface area contributed by atoms with Gasteiger partial charge in [-0.1, -0.05) is 6.92 Å². The van der Waals surface area contributed by atoms with Gasteiger partial charge in [-0.15, -0.1) is 0 Å². The Hall–Kier alpha value is -2.24. The first kappa shape index (κ1) is 13.2. The maximum Gasteiger partial charge on any atom is 0.311 e. The zero-order chi connectivity index (χ0) is 13.9. The van der Waals surface area contributed by atoms with E-state index in [0.29, 0.717) is 29.9 Å². The van der Waals surface area contributed by atoms with Crippen molar-refractivity contribution in [1.82, 2.24) is 15.0 Å². The molecular formula is C13H16N4O2. The Labute approximate surface area is 110 Å². The van der Waals surface area contributed by atoms with E-state index in [9.17, 15) is 9.90 Å². The lowest BCUT2D eigenvalue weighted by molar-refractivity contribution is -0.147. The van der Waals surface area contributed by atoms with E-state index in [-0.39, 0.29) is 0 Å². The van der Waals surface area contributed by atoms with E-state index in [2.05, 4.69) is 20.3 Å². The maximum absolute atomic E-state index is 11.2. The summed E-state index contributed by atoms with van der Waals surface area (Å²) in [5.41, 5.74) is 0.449. The Bertz CT molecular complexity index is 602. The molecule has 0 spiro atoms. The number of aliphatic carboxylic acids is 1. The van der Waals surface area contributed by atoms with Gasteiger partial charge in [0.05, 0.1) is 5.41 Å². The molecule has 0 amide bonds. The van der Waals surface area contributed by atoms with E-state index in [1.807, 2.05) is 13.0 Å². The summed E-state index contributed by atoms with van der Waals surface area (Å²) in [6, 6.07) is 3.58. The third kappa shape index (κ3) is 2.78. The van der Waals surface area contributed by atoms with Crippen molar-refractivity contribution in [2.45, 2.75) is 20.3 Å². The van der Waals surface area contributed by atoms with Gasteiger partial charge in [-0.25, -0.2) is 9.97 Å². The summed E-state index contributed by atoms with van der Waals surface area (Å²) >= 11 is 0. The van der Waals surface area contributed by atoms with Crippen molar-refractivity contribution in [1.29, 1.82) is 0 Å². The minimum absolute atomic E-state index is 0.317. The van der Waals surface area contributed by atoms with Crippen LogP contribution in [0.4, 0.5) is 5.82 Å². The second kappa shape index (κ2) is 5.17. The number of carbonyl (C=O) groups is 1. The van der Waals surface area contributed by atoms with Crippen molar-refractivity contribution >= 4 is 23.0 Å². The summed E-state index contributed by atoms with van der Waals surface area (Å²) in [4.78, 5) is 23.7. The molecule has 2 aromatic heterocycles. The van der Waals surface area contributed by atoms with Gasteiger partial charge in [0, 0.05) is 18.9 Å². The average molecular weight is 260 g/mol. The van der Waals surface area contributed by atoms with Gasteiger partial charge in [-0.3, -0.25) is 9.78 Å². The Morgan fingerprint density at radius 2 is 2.11 bits per heavy atom. The standard InChI is InChI=1S/C13H16N4O2/c1-3-13(2,12(18)19)8-16-10-5-4-9-11(17-10)15-7-6-14-9/h4-7H,3,8H2,1-2H3,(H,18,19)(H,15,16,17). The van der Waals surface area contributed by atoms with E-state index in [1.54, 1.807) is 25.4 Å². The molecule has 0 bridgehead atoms. The monoisotopic (exact) mass is 260 g/mol. The fourth-order valence-electron chi connectivity index (χ4n) is 1.59. The number of hydrogen-bond donors (Lipinski definition) is 2. The number of hydrogen-bond acceptors (Lipinski definition) is 5. The molecular weight excluding hydrogens is 244 g/mol. The lowest BCUT2D eigenvalue weighted by Crippen LogP contribution is -2.34. The van der Waals surface area contributed by atoms with Crippen LogP contribution in [0.2, 0.25) is 0 Å².